The number of halogens is 1. The molecule has 100 valence electrons. The lowest BCUT2D eigenvalue weighted by molar-refractivity contribution is -0.149. The molecule has 0 aliphatic carbocycles. The fourth-order valence-corrected chi connectivity index (χ4v) is 1.93. The number of aromatic amines is 1. The number of hydrogen-bond acceptors (Lipinski definition) is 5. The van der Waals surface area contributed by atoms with Gasteiger partial charge >= 0.3 is 5.69 Å². The Hall–Kier alpha value is -1.51. The maximum Gasteiger partial charge on any atom is 0.328 e. The zero-order valence-corrected chi connectivity index (χ0v) is 9.32. The maximum atomic E-state index is 14.0. The van der Waals surface area contributed by atoms with Crippen molar-refractivity contribution in [2.45, 2.75) is 24.4 Å². The van der Waals surface area contributed by atoms with E-state index in [1.165, 1.54) is 0 Å². The van der Waals surface area contributed by atoms with Crippen LogP contribution in [0, 0.1) is 0 Å². The van der Waals surface area contributed by atoms with Crippen molar-refractivity contribution in [3.63, 3.8) is 0 Å². The molecule has 2 heterocycles. The number of aliphatic hydroxyl groups excluding tert-OH is 2. The molecule has 0 radical (unpaired) electrons. The van der Waals surface area contributed by atoms with E-state index in [1.54, 1.807) is 0 Å². The number of alkyl halides is 1. The smallest absolute Gasteiger partial charge is 0.328 e. The van der Waals surface area contributed by atoms with Crippen molar-refractivity contribution in [3.8, 4) is 0 Å². The van der Waals surface area contributed by atoms with E-state index in [4.69, 9.17) is 9.84 Å². The molecule has 1 saturated heterocycles. The van der Waals surface area contributed by atoms with Gasteiger partial charge in [0.1, 0.15) is 12.2 Å². The quantitative estimate of drug-likeness (QED) is 0.580. The number of nitrogens with zero attached hydrogens (tertiary/aromatic N) is 1. The first-order valence-corrected chi connectivity index (χ1v) is 5.40. The molecular weight excluding hydrogens is 247 g/mol. The number of rotatable bonds is 2. The summed E-state index contributed by atoms with van der Waals surface area (Å²) in [4.78, 5) is 24.4. The van der Waals surface area contributed by atoms with Crippen LogP contribution in [-0.4, -0.2) is 51.4 Å². The molecule has 1 aromatic heterocycles. The van der Waals surface area contributed by atoms with Crippen molar-refractivity contribution in [2.75, 3.05) is 13.2 Å². The third kappa shape index (κ3) is 2.22. The largest absolute Gasteiger partial charge is 0.394 e. The molecule has 7 nitrogen and oxygen atoms in total. The molecule has 8 heteroatoms. The Balaban J connectivity index is 2.29. The predicted octanol–water partition coefficient (Wildman–Crippen LogP) is -1.83. The Morgan fingerprint density at radius 2 is 2.28 bits per heavy atom. The zero-order chi connectivity index (χ0) is 13.3. The Morgan fingerprint density at radius 1 is 1.56 bits per heavy atom. The van der Waals surface area contributed by atoms with E-state index in [0.717, 1.165) is 16.8 Å². The molecule has 1 aromatic rings. The molecule has 0 spiro atoms. The second-order valence-corrected chi connectivity index (χ2v) is 4.07. The first-order valence-electron chi connectivity index (χ1n) is 5.40. The molecule has 0 amide bonds. The van der Waals surface area contributed by atoms with E-state index in [2.05, 4.69) is 0 Å². The van der Waals surface area contributed by atoms with Crippen molar-refractivity contribution in [1.82, 2.24) is 9.55 Å². The molecule has 1 aliphatic heterocycles. The van der Waals surface area contributed by atoms with Crippen LogP contribution in [0.2, 0.25) is 0 Å². The summed E-state index contributed by atoms with van der Waals surface area (Å²) in [7, 11) is 0. The van der Waals surface area contributed by atoms with Crippen molar-refractivity contribution in [2.24, 2.45) is 0 Å². The summed E-state index contributed by atoms with van der Waals surface area (Å²) in [5.41, 5.74) is -1.36. The minimum absolute atomic E-state index is 0.171. The van der Waals surface area contributed by atoms with Gasteiger partial charge in [-0.25, -0.2) is 9.18 Å². The lowest BCUT2D eigenvalue weighted by Gasteiger charge is -2.36. The SMILES string of the molecule is O=c1ccn([C@@H]2COC(CO)[C@@H](O)[C@H]2F)c(=O)[nH]1. The molecular formula is C10H13FN2O5. The second kappa shape index (κ2) is 5.01. The Kier molecular flexibility index (Phi) is 3.60. The Morgan fingerprint density at radius 3 is 2.89 bits per heavy atom. The van der Waals surface area contributed by atoms with Crippen LogP contribution in [0.1, 0.15) is 6.04 Å². The molecule has 0 aromatic carbocycles. The van der Waals surface area contributed by atoms with Gasteiger partial charge in [-0.05, 0) is 0 Å². The van der Waals surface area contributed by atoms with Crippen molar-refractivity contribution in [1.29, 1.82) is 0 Å². The van der Waals surface area contributed by atoms with Gasteiger partial charge in [-0.3, -0.25) is 14.3 Å². The molecule has 3 N–H and O–H groups in total. The average molecular weight is 260 g/mol. The fraction of sp³-hybridized carbons (Fsp3) is 0.600. The van der Waals surface area contributed by atoms with Gasteiger partial charge in [0.25, 0.3) is 5.56 Å². The summed E-state index contributed by atoms with van der Waals surface area (Å²) < 4.78 is 20.0. The van der Waals surface area contributed by atoms with Gasteiger partial charge < -0.3 is 14.9 Å². The highest BCUT2D eigenvalue weighted by atomic mass is 19.1. The summed E-state index contributed by atoms with van der Waals surface area (Å²) in [6, 6.07) is 0.0469. The fourth-order valence-electron chi connectivity index (χ4n) is 1.93. The summed E-state index contributed by atoms with van der Waals surface area (Å²) in [5.74, 6) is 0. The van der Waals surface area contributed by atoms with Gasteiger partial charge in [0.15, 0.2) is 6.17 Å². The minimum atomic E-state index is -1.76. The molecule has 1 aliphatic rings. The van der Waals surface area contributed by atoms with E-state index >= 15 is 0 Å². The van der Waals surface area contributed by atoms with Gasteiger partial charge in [0.05, 0.1) is 19.3 Å². The molecule has 0 bridgehead atoms. The van der Waals surface area contributed by atoms with Crippen LogP contribution in [0.3, 0.4) is 0 Å². The van der Waals surface area contributed by atoms with Gasteiger partial charge in [0, 0.05) is 12.3 Å². The summed E-state index contributed by atoms with van der Waals surface area (Å²) in [6.45, 7) is -0.676. The van der Waals surface area contributed by atoms with Crippen molar-refractivity contribution < 1.29 is 19.3 Å². The van der Waals surface area contributed by atoms with Gasteiger partial charge in [-0.2, -0.15) is 0 Å². The molecule has 18 heavy (non-hydrogen) atoms. The van der Waals surface area contributed by atoms with Crippen LogP contribution >= 0.6 is 0 Å². The number of aromatic nitrogens is 2. The lowest BCUT2D eigenvalue weighted by atomic mass is 9.99. The summed E-state index contributed by atoms with van der Waals surface area (Å²) in [5, 5.41) is 18.4. The van der Waals surface area contributed by atoms with Crippen LogP contribution in [-0.2, 0) is 4.74 Å². The number of aliphatic hydroxyl groups is 2. The van der Waals surface area contributed by atoms with E-state index in [-0.39, 0.29) is 6.61 Å². The highest BCUT2D eigenvalue weighted by molar-refractivity contribution is 4.94. The van der Waals surface area contributed by atoms with Crippen LogP contribution < -0.4 is 11.2 Å². The van der Waals surface area contributed by atoms with Gasteiger partial charge in [0.2, 0.25) is 0 Å². The van der Waals surface area contributed by atoms with E-state index in [1.807, 2.05) is 4.98 Å². The number of ether oxygens (including phenoxy) is 1. The molecule has 0 saturated carbocycles. The zero-order valence-electron chi connectivity index (χ0n) is 9.32. The predicted molar refractivity (Wildman–Crippen MR) is 58.1 cm³/mol. The van der Waals surface area contributed by atoms with E-state index in [0.29, 0.717) is 0 Å². The van der Waals surface area contributed by atoms with Crippen molar-refractivity contribution >= 4 is 0 Å². The van der Waals surface area contributed by atoms with Gasteiger partial charge in [-0.15, -0.1) is 0 Å². The lowest BCUT2D eigenvalue weighted by Crippen LogP contribution is -2.52. The minimum Gasteiger partial charge on any atom is -0.394 e. The molecule has 4 atom stereocenters. The Labute approximate surface area is 100 Å². The highest BCUT2D eigenvalue weighted by Gasteiger charge is 2.40. The standard InChI is InChI=1S/C10H13FN2O5/c11-8-5(4-18-6(3-14)9(8)16)13-2-1-7(15)12-10(13)17/h1-2,5-6,8-9,14,16H,3-4H2,(H,12,15,17)/t5-,6?,8+,9-/m1/s1. The normalized spacial score (nSPS) is 32.4. The second-order valence-electron chi connectivity index (χ2n) is 4.07. The average Bonchev–Trinajstić information content (AvgIpc) is 2.34. The maximum absolute atomic E-state index is 14.0. The third-order valence-corrected chi connectivity index (χ3v) is 2.94. The van der Waals surface area contributed by atoms with Crippen LogP contribution in [0.4, 0.5) is 4.39 Å². The van der Waals surface area contributed by atoms with Gasteiger partial charge in [-0.1, -0.05) is 0 Å². The van der Waals surface area contributed by atoms with Crippen LogP contribution in [0.15, 0.2) is 21.9 Å². The first-order chi connectivity index (χ1) is 8.54. The summed E-state index contributed by atoms with van der Waals surface area (Å²) in [6.07, 6.45) is -3.14. The number of nitrogens with one attached hydrogen (secondary N) is 1. The van der Waals surface area contributed by atoms with Crippen LogP contribution in [0.5, 0.6) is 0 Å². The topological polar surface area (TPSA) is 105 Å². The monoisotopic (exact) mass is 260 g/mol. The summed E-state index contributed by atoms with van der Waals surface area (Å²) >= 11 is 0. The first kappa shape index (κ1) is 12.9. The molecule has 1 unspecified atom stereocenters. The highest BCUT2D eigenvalue weighted by Crippen LogP contribution is 2.25. The number of H-pyrrole nitrogens is 1. The van der Waals surface area contributed by atoms with E-state index < -0.39 is 42.3 Å². The third-order valence-electron chi connectivity index (χ3n) is 2.94. The van der Waals surface area contributed by atoms with Crippen molar-refractivity contribution in [3.05, 3.63) is 33.1 Å². The van der Waals surface area contributed by atoms with E-state index in [9.17, 15) is 19.1 Å². The number of hydrogen-bond donors (Lipinski definition) is 3. The Bertz CT molecular complexity index is 527. The molecule has 2 rings (SSSR count). The molecule has 1 fully saturated rings. The van der Waals surface area contributed by atoms with Crippen LogP contribution in [0.25, 0.3) is 0 Å².